The summed E-state index contributed by atoms with van der Waals surface area (Å²) in [5.74, 6) is 0.0387. The summed E-state index contributed by atoms with van der Waals surface area (Å²) in [6.45, 7) is 3.31. The van der Waals surface area contributed by atoms with Crippen molar-refractivity contribution in [3.63, 3.8) is 0 Å². The van der Waals surface area contributed by atoms with E-state index in [4.69, 9.17) is 0 Å². The maximum absolute atomic E-state index is 12.2. The zero-order chi connectivity index (χ0) is 14.4. The Morgan fingerprint density at radius 2 is 2.15 bits per heavy atom. The Morgan fingerprint density at radius 3 is 2.85 bits per heavy atom. The number of anilines is 1. The number of likely N-dealkylation sites (tertiary alicyclic amines) is 1. The molecule has 20 heavy (non-hydrogen) atoms. The highest BCUT2D eigenvalue weighted by molar-refractivity contribution is 5.93. The van der Waals surface area contributed by atoms with Gasteiger partial charge in [-0.2, -0.15) is 0 Å². The Hall–Kier alpha value is -1.91. The number of carbonyl (C=O) groups is 2. The van der Waals surface area contributed by atoms with Gasteiger partial charge in [-0.05, 0) is 31.4 Å². The number of piperidine rings is 1. The summed E-state index contributed by atoms with van der Waals surface area (Å²) < 4.78 is 0. The normalized spacial score (nSPS) is 18.6. The number of rotatable bonds is 4. The Balaban J connectivity index is 1.91. The molecule has 1 aromatic heterocycles. The molecule has 1 aliphatic rings. The maximum Gasteiger partial charge on any atom is 0.229 e. The summed E-state index contributed by atoms with van der Waals surface area (Å²) in [5, 5.41) is 2.89. The largest absolute Gasteiger partial charge is 0.342 e. The van der Waals surface area contributed by atoms with E-state index in [0.717, 1.165) is 31.5 Å². The Morgan fingerprint density at radius 1 is 1.40 bits per heavy atom. The molecule has 1 aromatic rings. The van der Waals surface area contributed by atoms with Crippen LogP contribution in [0.25, 0.3) is 0 Å². The third-order valence-electron chi connectivity index (χ3n) is 3.56. The zero-order valence-electron chi connectivity index (χ0n) is 11.8. The average molecular weight is 275 g/mol. The third-order valence-corrected chi connectivity index (χ3v) is 3.56. The first-order chi connectivity index (χ1) is 9.70. The van der Waals surface area contributed by atoms with E-state index >= 15 is 0 Å². The molecule has 0 bridgehead atoms. The van der Waals surface area contributed by atoms with E-state index < -0.39 is 0 Å². The van der Waals surface area contributed by atoms with Crippen LogP contribution in [0, 0.1) is 5.92 Å². The van der Waals surface area contributed by atoms with Crippen LogP contribution in [-0.2, 0) is 9.59 Å². The van der Waals surface area contributed by atoms with Crippen molar-refractivity contribution in [2.24, 2.45) is 5.92 Å². The SMILES string of the molecule is CCCC(=O)N1CCCC(C(=O)Nc2ccncc2)C1. The van der Waals surface area contributed by atoms with E-state index in [0.29, 0.717) is 13.0 Å². The highest BCUT2D eigenvalue weighted by Crippen LogP contribution is 2.19. The van der Waals surface area contributed by atoms with Gasteiger partial charge in [-0.1, -0.05) is 6.92 Å². The fraction of sp³-hybridized carbons (Fsp3) is 0.533. The monoisotopic (exact) mass is 275 g/mol. The first-order valence-corrected chi connectivity index (χ1v) is 7.19. The average Bonchev–Trinajstić information content (AvgIpc) is 2.48. The number of hydrogen-bond acceptors (Lipinski definition) is 3. The van der Waals surface area contributed by atoms with Gasteiger partial charge >= 0.3 is 0 Å². The molecule has 108 valence electrons. The molecule has 1 aliphatic heterocycles. The fourth-order valence-electron chi connectivity index (χ4n) is 2.47. The molecule has 1 saturated heterocycles. The van der Waals surface area contributed by atoms with Crippen LogP contribution >= 0.6 is 0 Å². The summed E-state index contributed by atoms with van der Waals surface area (Å²) in [7, 11) is 0. The second-order valence-corrected chi connectivity index (χ2v) is 5.15. The Labute approximate surface area is 119 Å². The predicted molar refractivity (Wildman–Crippen MR) is 77.1 cm³/mol. The minimum absolute atomic E-state index is 0.00908. The molecule has 2 heterocycles. The molecule has 5 nitrogen and oxygen atoms in total. The van der Waals surface area contributed by atoms with Gasteiger partial charge in [0, 0.05) is 37.6 Å². The molecule has 2 amide bonds. The van der Waals surface area contributed by atoms with E-state index in [1.165, 1.54) is 0 Å². The van der Waals surface area contributed by atoms with Crippen molar-refractivity contribution in [2.75, 3.05) is 18.4 Å². The first kappa shape index (κ1) is 14.5. The molecule has 0 radical (unpaired) electrons. The molecule has 1 N–H and O–H groups in total. The number of nitrogens with zero attached hydrogens (tertiary/aromatic N) is 2. The molecule has 0 aliphatic carbocycles. The van der Waals surface area contributed by atoms with Crippen molar-refractivity contribution in [1.82, 2.24) is 9.88 Å². The van der Waals surface area contributed by atoms with Crippen LogP contribution in [-0.4, -0.2) is 34.8 Å². The van der Waals surface area contributed by atoms with Crippen molar-refractivity contribution in [2.45, 2.75) is 32.6 Å². The molecule has 2 rings (SSSR count). The van der Waals surface area contributed by atoms with Gasteiger partial charge in [-0.3, -0.25) is 14.6 Å². The van der Waals surface area contributed by atoms with Gasteiger partial charge in [0.1, 0.15) is 0 Å². The lowest BCUT2D eigenvalue weighted by atomic mass is 9.96. The quantitative estimate of drug-likeness (QED) is 0.915. The minimum Gasteiger partial charge on any atom is -0.342 e. The lowest BCUT2D eigenvalue weighted by Crippen LogP contribution is -2.43. The first-order valence-electron chi connectivity index (χ1n) is 7.19. The number of hydrogen-bond donors (Lipinski definition) is 1. The smallest absolute Gasteiger partial charge is 0.229 e. The lowest BCUT2D eigenvalue weighted by Gasteiger charge is -2.32. The number of pyridine rings is 1. The van der Waals surface area contributed by atoms with Crippen LogP contribution in [0.15, 0.2) is 24.5 Å². The number of carbonyl (C=O) groups excluding carboxylic acids is 2. The van der Waals surface area contributed by atoms with Crippen molar-refractivity contribution >= 4 is 17.5 Å². The van der Waals surface area contributed by atoms with Crippen LogP contribution < -0.4 is 5.32 Å². The van der Waals surface area contributed by atoms with Gasteiger partial charge < -0.3 is 10.2 Å². The van der Waals surface area contributed by atoms with E-state index in [-0.39, 0.29) is 17.7 Å². The van der Waals surface area contributed by atoms with Gasteiger partial charge in [0.15, 0.2) is 0 Å². The number of amides is 2. The molecule has 1 unspecified atom stereocenters. The van der Waals surface area contributed by atoms with E-state index in [2.05, 4.69) is 10.3 Å². The molecule has 0 saturated carbocycles. The van der Waals surface area contributed by atoms with Crippen LogP contribution in [0.4, 0.5) is 5.69 Å². The summed E-state index contributed by atoms with van der Waals surface area (Å²) >= 11 is 0. The van der Waals surface area contributed by atoms with Crippen molar-refractivity contribution in [3.05, 3.63) is 24.5 Å². The van der Waals surface area contributed by atoms with Gasteiger partial charge in [0.25, 0.3) is 0 Å². The lowest BCUT2D eigenvalue weighted by molar-refractivity contribution is -0.134. The standard InChI is InChI=1S/C15H21N3O2/c1-2-4-14(19)18-10-3-5-12(11-18)15(20)17-13-6-8-16-9-7-13/h6-9,12H,2-5,10-11H2,1H3,(H,16,17,20). The molecule has 0 spiro atoms. The summed E-state index contributed by atoms with van der Waals surface area (Å²) in [6.07, 6.45) is 6.44. The molecule has 5 heteroatoms. The highest BCUT2D eigenvalue weighted by Gasteiger charge is 2.27. The second kappa shape index (κ2) is 7.03. The molecular formula is C15H21N3O2. The summed E-state index contributed by atoms with van der Waals surface area (Å²) in [4.78, 5) is 29.9. The molecular weight excluding hydrogens is 254 g/mol. The van der Waals surface area contributed by atoms with Crippen molar-refractivity contribution in [3.8, 4) is 0 Å². The summed E-state index contributed by atoms with van der Waals surface area (Å²) in [5.41, 5.74) is 0.752. The summed E-state index contributed by atoms with van der Waals surface area (Å²) in [6, 6.07) is 3.53. The van der Waals surface area contributed by atoms with Crippen molar-refractivity contribution < 1.29 is 9.59 Å². The molecule has 1 atom stereocenters. The van der Waals surface area contributed by atoms with Crippen LogP contribution in [0.5, 0.6) is 0 Å². The van der Waals surface area contributed by atoms with Gasteiger partial charge in [0.2, 0.25) is 11.8 Å². The van der Waals surface area contributed by atoms with Crippen LogP contribution in [0.3, 0.4) is 0 Å². The van der Waals surface area contributed by atoms with Crippen LogP contribution in [0.1, 0.15) is 32.6 Å². The third kappa shape index (κ3) is 3.79. The van der Waals surface area contributed by atoms with Gasteiger partial charge in [-0.25, -0.2) is 0 Å². The molecule has 0 aromatic carbocycles. The van der Waals surface area contributed by atoms with Gasteiger partial charge in [-0.15, -0.1) is 0 Å². The van der Waals surface area contributed by atoms with Gasteiger partial charge in [0.05, 0.1) is 5.92 Å². The fourth-order valence-corrected chi connectivity index (χ4v) is 2.47. The minimum atomic E-state index is -0.113. The van der Waals surface area contributed by atoms with E-state index in [9.17, 15) is 9.59 Å². The highest BCUT2D eigenvalue weighted by atomic mass is 16.2. The second-order valence-electron chi connectivity index (χ2n) is 5.15. The topological polar surface area (TPSA) is 62.3 Å². The molecule has 1 fully saturated rings. The Kier molecular flexibility index (Phi) is 5.09. The maximum atomic E-state index is 12.2. The van der Waals surface area contributed by atoms with E-state index in [1.807, 2.05) is 11.8 Å². The Bertz CT molecular complexity index is 461. The zero-order valence-corrected chi connectivity index (χ0v) is 11.8. The predicted octanol–water partition coefficient (Wildman–Crippen LogP) is 2.06. The van der Waals surface area contributed by atoms with Crippen molar-refractivity contribution in [1.29, 1.82) is 0 Å². The van der Waals surface area contributed by atoms with Crippen LogP contribution in [0.2, 0.25) is 0 Å². The number of nitrogens with one attached hydrogen (secondary N) is 1. The number of aromatic nitrogens is 1. The van der Waals surface area contributed by atoms with E-state index in [1.54, 1.807) is 24.5 Å².